The molecule has 0 heterocycles. The summed E-state index contributed by atoms with van der Waals surface area (Å²) in [5.41, 5.74) is 6.49. The van der Waals surface area contributed by atoms with Crippen LogP contribution in [-0.4, -0.2) is 18.8 Å². The predicted octanol–water partition coefficient (Wildman–Crippen LogP) is 3.16. The van der Waals surface area contributed by atoms with E-state index < -0.39 is 0 Å². The molecule has 0 fully saturated rings. The molecule has 1 rings (SSSR count). The van der Waals surface area contributed by atoms with Crippen LogP contribution in [0.5, 0.6) is 0 Å². The van der Waals surface area contributed by atoms with Gasteiger partial charge in [-0.3, -0.25) is 0 Å². The number of hydrogen-bond donors (Lipinski definition) is 1. The average molecular weight is 260 g/mol. The van der Waals surface area contributed by atoms with Crippen molar-refractivity contribution in [2.45, 2.75) is 38.3 Å². The second-order valence-electron chi connectivity index (χ2n) is 4.87. The third-order valence-electron chi connectivity index (χ3n) is 2.80. The molecule has 1 unspecified atom stereocenters. The van der Waals surface area contributed by atoms with Crippen molar-refractivity contribution >= 4 is 11.6 Å². The lowest BCUT2D eigenvalue weighted by Crippen LogP contribution is -2.35. The minimum atomic E-state index is -0.289. The highest BCUT2D eigenvalue weighted by Gasteiger charge is 2.21. The molecule has 17 heavy (non-hydrogen) atoms. The zero-order valence-corrected chi connectivity index (χ0v) is 11.2. The monoisotopic (exact) mass is 259 g/mol. The summed E-state index contributed by atoms with van der Waals surface area (Å²) in [6.07, 6.45) is 1.24. The molecule has 0 amide bonds. The smallest absolute Gasteiger partial charge is 0.123 e. The largest absolute Gasteiger partial charge is 0.379 e. The van der Waals surface area contributed by atoms with Crippen LogP contribution in [0.15, 0.2) is 18.2 Å². The Morgan fingerprint density at radius 3 is 2.71 bits per heavy atom. The van der Waals surface area contributed by atoms with E-state index in [9.17, 15) is 4.39 Å². The minimum Gasteiger partial charge on any atom is -0.379 e. The molecule has 1 aromatic carbocycles. The Kier molecular flexibility index (Phi) is 4.92. The van der Waals surface area contributed by atoms with Crippen LogP contribution in [-0.2, 0) is 11.2 Å². The number of hydrogen-bond acceptors (Lipinski definition) is 2. The number of methoxy groups -OCH3 is 1. The molecule has 0 aliphatic heterocycles. The van der Waals surface area contributed by atoms with Gasteiger partial charge in [0.2, 0.25) is 0 Å². The molecule has 0 saturated heterocycles. The van der Waals surface area contributed by atoms with Crippen LogP contribution in [0.2, 0.25) is 5.02 Å². The molecule has 1 atom stereocenters. The maximum atomic E-state index is 13.1. The zero-order chi connectivity index (χ0) is 13.1. The van der Waals surface area contributed by atoms with E-state index in [1.807, 2.05) is 13.8 Å². The second kappa shape index (κ2) is 5.80. The standard InChI is InChI=1S/C13H19ClFNO/c1-13(2,17-3)8-11(16)7-9-6-10(15)4-5-12(9)14/h4-6,11H,7-8,16H2,1-3H3. The molecule has 1 aromatic rings. The number of nitrogens with two attached hydrogens (primary N) is 1. The summed E-state index contributed by atoms with van der Waals surface area (Å²) in [4.78, 5) is 0. The first-order valence-electron chi connectivity index (χ1n) is 5.59. The maximum absolute atomic E-state index is 13.1. The first kappa shape index (κ1) is 14.4. The van der Waals surface area contributed by atoms with Crippen LogP contribution in [0.1, 0.15) is 25.8 Å². The van der Waals surface area contributed by atoms with Gasteiger partial charge >= 0.3 is 0 Å². The Hall–Kier alpha value is -0.640. The van der Waals surface area contributed by atoms with Gasteiger partial charge in [-0.25, -0.2) is 4.39 Å². The van der Waals surface area contributed by atoms with E-state index in [0.29, 0.717) is 17.9 Å². The van der Waals surface area contributed by atoms with Crippen LogP contribution in [0.3, 0.4) is 0 Å². The van der Waals surface area contributed by atoms with E-state index in [1.54, 1.807) is 13.2 Å². The summed E-state index contributed by atoms with van der Waals surface area (Å²) in [7, 11) is 1.65. The van der Waals surface area contributed by atoms with Crippen molar-refractivity contribution in [3.63, 3.8) is 0 Å². The number of benzene rings is 1. The van der Waals surface area contributed by atoms with E-state index in [1.165, 1.54) is 12.1 Å². The van der Waals surface area contributed by atoms with Crippen molar-refractivity contribution < 1.29 is 9.13 Å². The molecular weight excluding hydrogens is 241 g/mol. The van der Waals surface area contributed by atoms with Gasteiger partial charge in [-0.15, -0.1) is 0 Å². The highest BCUT2D eigenvalue weighted by molar-refractivity contribution is 6.31. The molecule has 4 heteroatoms. The fraction of sp³-hybridized carbons (Fsp3) is 0.538. The summed E-state index contributed by atoms with van der Waals surface area (Å²) < 4.78 is 18.4. The Balaban J connectivity index is 2.68. The highest BCUT2D eigenvalue weighted by atomic mass is 35.5. The van der Waals surface area contributed by atoms with Crippen molar-refractivity contribution in [1.82, 2.24) is 0 Å². The maximum Gasteiger partial charge on any atom is 0.123 e. The van der Waals surface area contributed by atoms with Gasteiger partial charge in [-0.2, -0.15) is 0 Å². The number of halogens is 2. The minimum absolute atomic E-state index is 0.107. The van der Waals surface area contributed by atoms with Gasteiger partial charge in [-0.05, 0) is 50.5 Å². The summed E-state index contributed by atoms with van der Waals surface area (Å²) in [5.74, 6) is -0.289. The van der Waals surface area contributed by atoms with Gasteiger partial charge in [0.1, 0.15) is 5.82 Å². The lowest BCUT2D eigenvalue weighted by Gasteiger charge is -2.26. The predicted molar refractivity (Wildman–Crippen MR) is 68.8 cm³/mol. The van der Waals surface area contributed by atoms with Gasteiger partial charge in [0, 0.05) is 18.2 Å². The topological polar surface area (TPSA) is 35.2 Å². The summed E-state index contributed by atoms with van der Waals surface area (Å²) in [5, 5.41) is 0.553. The molecule has 0 saturated carbocycles. The third-order valence-corrected chi connectivity index (χ3v) is 3.16. The van der Waals surface area contributed by atoms with Crippen LogP contribution in [0, 0.1) is 5.82 Å². The molecular formula is C13H19ClFNO. The van der Waals surface area contributed by atoms with Gasteiger partial charge in [0.25, 0.3) is 0 Å². The lowest BCUT2D eigenvalue weighted by molar-refractivity contribution is 0.0102. The van der Waals surface area contributed by atoms with Crippen LogP contribution in [0.4, 0.5) is 4.39 Å². The number of ether oxygens (including phenoxy) is 1. The van der Waals surface area contributed by atoms with Crippen LogP contribution < -0.4 is 5.73 Å². The van der Waals surface area contributed by atoms with E-state index in [4.69, 9.17) is 22.1 Å². The molecule has 0 radical (unpaired) electrons. The Bertz CT molecular complexity index is 382. The van der Waals surface area contributed by atoms with Crippen LogP contribution >= 0.6 is 11.6 Å². The molecule has 0 aliphatic rings. The first-order valence-corrected chi connectivity index (χ1v) is 5.96. The molecule has 0 aliphatic carbocycles. The third kappa shape index (κ3) is 4.62. The summed E-state index contributed by atoms with van der Waals surface area (Å²) in [6, 6.07) is 4.23. The van der Waals surface area contributed by atoms with Gasteiger partial charge in [0.05, 0.1) is 5.60 Å². The average Bonchev–Trinajstić information content (AvgIpc) is 2.23. The Labute approximate surface area is 107 Å². The quantitative estimate of drug-likeness (QED) is 0.882. The molecule has 0 spiro atoms. The summed E-state index contributed by atoms with van der Waals surface area (Å²) in [6.45, 7) is 3.94. The first-order chi connectivity index (χ1) is 7.84. The normalized spacial score (nSPS) is 13.8. The molecule has 2 N–H and O–H groups in total. The number of rotatable bonds is 5. The van der Waals surface area contributed by atoms with Crippen molar-refractivity contribution in [1.29, 1.82) is 0 Å². The van der Waals surface area contributed by atoms with E-state index in [2.05, 4.69) is 0 Å². The lowest BCUT2D eigenvalue weighted by atomic mass is 9.94. The van der Waals surface area contributed by atoms with Crippen molar-refractivity contribution in [3.8, 4) is 0 Å². The van der Waals surface area contributed by atoms with Crippen LogP contribution in [0.25, 0.3) is 0 Å². The molecule has 2 nitrogen and oxygen atoms in total. The van der Waals surface area contributed by atoms with Gasteiger partial charge < -0.3 is 10.5 Å². The fourth-order valence-corrected chi connectivity index (χ4v) is 1.96. The van der Waals surface area contributed by atoms with E-state index in [0.717, 1.165) is 5.56 Å². The summed E-state index contributed by atoms with van der Waals surface area (Å²) >= 11 is 5.99. The van der Waals surface area contributed by atoms with Gasteiger partial charge in [0.15, 0.2) is 0 Å². The zero-order valence-electron chi connectivity index (χ0n) is 10.5. The highest BCUT2D eigenvalue weighted by Crippen LogP contribution is 2.22. The fourth-order valence-electron chi connectivity index (χ4n) is 1.77. The van der Waals surface area contributed by atoms with E-state index >= 15 is 0 Å². The molecule has 0 bridgehead atoms. The van der Waals surface area contributed by atoms with Crippen molar-refractivity contribution in [3.05, 3.63) is 34.6 Å². The second-order valence-corrected chi connectivity index (χ2v) is 5.28. The molecule has 96 valence electrons. The molecule has 0 aromatic heterocycles. The van der Waals surface area contributed by atoms with Gasteiger partial charge in [-0.1, -0.05) is 11.6 Å². The van der Waals surface area contributed by atoms with Crippen molar-refractivity contribution in [2.75, 3.05) is 7.11 Å². The Morgan fingerprint density at radius 1 is 1.47 bits per heavy atom. The van der Waals surface area contributed by atoms with Crippen molar-refractivity contribution in [2.24, 2.45) is 5.73 Å². The van der Waals surface area contributed by atoms with E-state index in [-0.39, 0.29) is 17.5 Å². The SMILES string of the molecule is COC(C)(C)CC(N)Cc1cc(F)ccc1Cl. The Morgan fingerprint density at radius 2 is 2.12 bits per heavy atom.